The fraction of sp³-hybridized carbons (Fsp3) is 0.900. The van der Waals surface area contributed by atoms with Crippen molar-refractivity contribution in [3.63, 3.8) is 0 Å². The maximum absolute atomic E-state index is 11.5. The van der Waals surface area contributed by atoms with Gasteiger partial charge in [0.1, 0.15) is 0 Å². The van der Waals surface area contributed by atoms with Crippen LogP contribution in [0.2, 0.25) is 0 Å². The summed E-state index contributed by atoms with van der Waals surface area (Å²) in [6.07, 6.45) is 2.86. The van der Waals surface area contributed by atoms with Crippen molar-refractivity contribution in [3.8, 4) is 0 Å². The van der Waals surface area contributed by atoms with Gasteiger partial charge in [0.25, 0.3) is 5.91 Å². The number of rotatable bonds is 8. The van der Waals surface area contributed by atoms with Crippen LogP contribution in [0.3, 0.4) is 0 Å². The Morgan fingerprint density at radius 1 is 1.53 bits per heavy atom. The number of hydrazine groups is 1. The summed E-state index contributed by atoms with van der Waals surface area (Å²) in [6.45, 7) is 3.94. The van der Waals surface area contributed by atoms with Gasteiger partial charge in [-0.1, -0.05) is 13.3 Å². The second-order valence-corrected chi connectivity index (χ2v) is 3.75. The van der Waals surface area contributed by atoms with E-state index in [4.69, 9.17) is 5.84 Å². The van der Waals surface area contributed by atoms with Crippen LogP contribution in [-0.2, 0) is 4.79 Å². The molecular formula is C10H24N4O. The van der Waals surface area contributed by atoms with E-state index in [-0.39, 0.29) is 11.9 Å². The van der Waals surface area contributed by atoms with Crippen molar-refractivity contribution < 1.29 is 4.79 Å². The van der Waals surface area contributed by atoms with Gasteiger partial charge in [0.05, 0.1) is 6.04 Å². The predicted octanol–water partition coefficient (Wildman–Crippen LogP) is -0.314. The molecule has 90 valence electrons. The molecule has 5 heteroatoms. The van der Waals surface area contributed by atoms with Gasteiger partial charge in [0, 0.05) is 0 Å². The molecule has 0 aliphatic carbocycles. The molecule has 0 spiro atoms. The largest absolute Gasteiger partial charge is 0.320 e. The molecule has 0 saturated carbocycles. The van der Waals surface area contributed by atoms with Crippen molar-refractivity contribution in [1.29, 1.82) is 0 Å². The molecule has 0 bridgehead atoms. The van der Waals surface area contributed by atoms with Crippen molar-refractivity contribution in [3.05, 3.63) is 0 Å². The van der Waals surface area contributed by atoms with E-state index in [1.165, 1.54) is 0 Å². The van der Waals surface area contributed by atoms with E-state index in [0.717, 1.165) is 32.4 Å². The highest BCUT2D eigenvalue weighted by atomic mass is 16.2. The van der Waals surface area contributed by atoms with E-state index in [2.05, 4.69) is 22.6 Å². The van der Waals surface area contributed by atoms with Gasteiger partial charge in [-0.05, 0) is 40.0 Å². The monoisotopic (exact) mass is 216 g/mol. The third-order valence-electron chi connectivity index (χ3n) is 2.48. The Bertz CT molecular complexity index is 175. The molecule has 0 heterocycles. The smallest absolute Gasteiger partial charge is 0.251 e. The fourth-order valence-corrected chi connectivity index (χ4v) is 1.58. The SMILES string of the molecule is CCCC(C(=O)NN)N(C)CCCNC. The number of hydrogen-bond donors (Lipinski definition) is 3. The summed E-state index contributed by atoms with van der Waals surface area (Å²) in [5, 5.41) is 3.09. The number of hydrogen-bond acceptors (Lipinski definition) is 4. The van der Waals surface area contributed by atoms with E-state index in [1.807, 2.05) is 14.1 Å². The quantitative estimate of drug-likeness (QED) is 0.225. The van der Waals surface area contributed by atoms with Crippen LogP contribution in [0.4, 0.5) is 0 Å². The van der Waals surface area contributed by atoms with Crippen LogP contribution in [-0.4, -0.2) is 44.0 Å². The van der Waals surface area contributed by atoms with Gasteiger partial charge in [-0.2, -0.15) is 0 Å². The molecule has 0 aromatic carbocycles. The van der Waals surface area contributed by atoms with E-state index in [1.54, 1.807) is 0 Å². The lowest BCUT2D eigenvalue weighted by atomic mass is 10.1. The third kappa shape index (κ3) is 5.71. The summed E-state index contributed by atoms with van der Waals surface area (Å²) in [7, 11) is 3.89. The maximum Gasteiger partial charge on any atom is 0.251 e. The number of nitrogens with one attached hydrogen (secondary N) is 2. The second-order valence-electron chi connectivity index (χ2n) is 3.75. The van der Waals surface area contributed by atoms with Crippen LogP contribution < -0.4 is 16.6 Å². The molecule has 1 atom stereocenters. The Morgan fingerprint density at radius 3 is 2.67 bits per heavy atom. The van der Waals surface area contributed by atoms with E-state index in [0.29, 0.717) is 0 Å². The number of carbonyl (C=O) groups excluding carboxylic acids is 1. The fourth-order valence-electron chi connectivity index (χ4n) is 1.58. The van der Waals surface area contributed by atoms with Crippen molar-refractivity contribution in [2.45, 2.75) is 32.2 Å². The molecule has 0 aliphatic heterocycles. The summed E-state index contributed by atoms with van der Waals surface area (Å²) in [5.41, 5.74) is 2.22. The summed E-state index contributed by atoms with van der Waals surface area (Å²) in [5.74, 6) is 5.06. The van der Waals surface area contributed by atoms with Crippen LogP contribution >= 0.6 is 0 Å². The lowest BCUT2D eigenvalue weighted by Crippen LogP contribution is -2.48. The zero-order valence-corrected chi connectivity index (χ0v) is 10.0. The summed E-state index contributed by atoms with van der Waals surface area (Å²) >= 11 is 0. The zero-order chi connectivity index (χ0) is 11.7. The molecule has 0 radical (unpaired) electrons. The Kier molecular flexibility index (Phi) is 8.27. The van der Waals surface area contributed by atoms with Crippen LogP contribution in [0.5, 0.6) is 0 Å². The van der Waals surface area contributed by atoms with Crippen LogP contribution in [0.15, 0.2) is 0 Å². The molecule has 0 aromatic heterocycles. The van der Waals surface area contributed by atoms with E-state index >= 15 is 0 Å². The lowest BCUT2D eigenvalue weighted by molar-refractivity contribution is -0.126. The number of amides is 1. The van der Waals surface area contributed by atoms with Crippen molar-refractivity contribution in [2.24, 2.45) is 5.84 Å². The molecule has 0 saturated heterocycles. The number of carbonyl (C=O) groups is 1. The van der Waals surface area contributed by atoms with Gasteiger partial charge in [-0.25, -0.2) is 5.84 Å². The molecule has 0 fully saturated rings. The average Bonchev–Trinajstić information content (AvgIpc) is 2.25. The average molecular weight is 216 g/mol. The number of likely N-dealkylation sites (N-methyl/N-ethyl adjacent to an activating group) is 1. The second kappa shape index (κ2) is 8.64. The normalized spacial score (nSPS) is 12.9. The Labute approximate surface area is 92.4 Å². The Balaban J connectivity index is 4.03. The van der Waals surface area contributed by atoms with Gasteiger partial charge in [0.15, 0.2) is 0 Å². The van der Waals surface area contributed by atoms with Gasteiger partial charge in [-0.3, -0.25) is 15.1 Å². The maximum atomic E-state index is 11.5. The first-order valence-corrected chi connectivity index (χ1v) is 5.52. The van der Waals surface area contributed by atoms with E-state index in [9.17, 15) is 4.79 Å². The van der Waals surface area contributed by atoms with Gasteiger partial charge in [0.2, 0.25) is 0 Å². The molecule has 0 aliphatic rings. The lowest BCUT2D eigenvalue weighted by Gasteiger charge is -2.26. The Morgan fingerprint density at radius 2 is 2.20 bits per heavy atom. The molecule has 1 unspecified atom stereocenters. The highest BCUT2D eigenvalue weighted by Gasteiger charge is 2.20. The van der Waals surface area contributed by atoms with Gasteiger partial charge < -0.3 is 5.32 Å². The number of nitrogens with zero attached hydrogens (tertiary/aromatic N) is 1. The molecule has 5 nitrogen and oxygen atoms in total. The molecule has 0 aromatic rings. The van der Waals surface area contributed by atoms with Gasteiger partial charge >= 0.3 is 0 Å². The zero-order valence-electron chi connectivity index (χ0n) is 10.0. The first-order chi connectivity index (χ1) is 7.17. The standard InChI is InChI=1S/C10H24N4O/c1-4-6-9(10(15)13-11)14(3)8-5-7-12-2/h9,12H,4-8,11H2,1-3H3,(H,13,15). The minimum absolute atomic E-state index is 0.0937. The van der Waals surface area contributed by atoms with Crippen molar-refractivity contribution in [2.75, 3.05) is 27.2 Å². The van der Waals surface area contributed by atoms with Crippen LogP contribution in [0.1, 0.15) is 26.2 Å². The topological polar surface area (TPSA) is 70.4 Å². The first-order valence-electron chi connectivity index (χ1n) is 5.52. The summed E-state index contributed by atoms with van der Waals surface area (Å²) in [4.78, 5) is 13.5. The summed E-state index contributed by atoms with van der Waals surface area (Å²) < 4.78 is 0. The Hall–Kier alpha value is -0.650. The van der Waals surface area contributed by atoms with Crippen molar-refractivity contribution in [1.82, 2.24) is 15.6 Å². The van der Waals surface area contributed by atoms with Crippen LogP contribution in [0.25, 0.3) is 0 Å². The molecule has 4 N–H and O–H groups in total. The van der Waals surface area contributed by atoms with E-state index < -0.39 is 0 Å². The third-order valence-corrected chi connectivity index (χ3v) is 2.48. The molecule has 0 rings (SSSR count). The number of nitrogens with two attached hydrogens (primary N) is 1. The minimum Gasteiger partial charge on any atom is -0.320 e. The highest BCUT2D eigenvalue weighted by molar-refractivity contribution is 5.81. The van der Waals surface area contributed by atoms with Gasteiger partial charge in [-0.15, -0.1) is 0 Å². The predicted molar refractivity (Wildman–Crippen MR) is 62.2 cm³/mol. The molecule has 15 heavy (non-hydrogen) atoms. The molecule has 1 amide bonds. The van der Waals surface area contributed by atoms with Crippen LogP contribution in [0, 0.1) is 0 Å². The first kappa shape index (κ1) is 14.3. The highest BCUT2D eigenvalue weighted by Crippen LogP contribution is 2.05. The minimum atomic E-state index is -0.100. The summed E-state index contributed by atoms with van der Waals surface area (Å²) in [6, 6.07) is -0.100. The molecular weight excluding hydrogens is 192 g/mol. The van der Waals surface area contributed by atoms with Crippen molar-refractivity contribution >= 4 is 5.91 Å².